The first-order valence-corrected chi connectivity index (χ1v) is 30.8. The molecule has 9 atom stereocenters. The number of rotatable bonds is 28. The highest BCUT2D eigenvalue weighted by Crippen LogP contribution is 2.49. The van der Waals surface area contributed by atoms with Gasteiger partial charge in [-0.3, -0.25) is 39.6 Å². The highest BCUT2D eigenvalue weighted by atomic mass is 35.5. The zero-order valence-corrected chi connectivity index (χ0v) is 52.3. The van der Waals surface area contributed by atoms with Crippen molar-refractivity contribution in [2.75, 3.05) is 98.3 Å². The molecular formula is C59H85ClN8O17S. The fourth-order valence-electron chi connectivity index (χ4n) is 10.5. The highest BCUT2D eigenvalue weighted by Gasteiger charge is 2.64. The minimum Gasteiger partial charge on any atom is -0.495 e. The molecule has 4 amide bonds. The first-order valence-electron chi connectivity index (χ1n) is 28.6. The molecule has 25 nitrogen and oxygen atoms in total. The molecule has 3 aliphatic rings. The molecule has 476 valence electrons. The van der Waals surface area contributed by atoms with E-state index in [2.05, 4.69) is 27.4 Å². The number of ether oxygens (including phenoxy) is 7. The molecule has 2 fully saturated rings. The molecule has 0 unspecified atom stereocenters. The van der Waals surface area contributed by atoms with Crippen LogP contribution in [0.15, 0.2) is 66.3 Å². The summed E-state index contributed by atoms with van der Waals surface area (Å²) in [5.74, 6) is -4.29. The Morgan fingerprint density at radius 2 is 1.74 bits per heavy atom. The van der Waals surface area contributed by atoms with Crippen molar-refractivity contribution in [3.63, 3.8) is 0 Å². The van der Waals surface area contributed by atoms with Crippen molar-refractivity contribution >= 4 is 73.8 Å². The maximum atomic E-state index is 14.4. The molecule has 3 aliphatic heterocycles. The highest BCUT2D eigenvalue weighted by molar-refractivity contribution is 7.91. The summed E-state index contributed by atoms with van der Waals surface area (Å²) in [7, 11) is 5.99. The number of benzene rings is 2. The number of hydrazine groups is 1. The van der Waals surface area contributed by atoms with Crippen molar-refractivity contribution < 1.29 is 80.6 Å². The third-order valence-corrected chi connectivity index (χ3v) is 17.9. The lowest BCUT2D eigenvalue weighted by molar-refractivity contribution is -0.159. The Labute approximate surface area is 507 Å². The van der Waals surface area contributed by atoms with Crippen LogP contribution in [0, 0.1) is 5.92 Å². The summed E-state index contributed by atoms with van der Waals surface area (Å²) < 4.78 is 69.0. The second kappa shape index (κ2) is 31.1. The number of hydrogen-bond acceptors (Lipinski definition) is 19. The number of alkyl carbamates (subject to hydrolysis) is 1. The van der Waals surface area contributed by atoms with E-state index in [1.165, 1.54) is 24.0 Å². The van der Waals surface area contributed by atoms with Crippen LogP contribution in [-0.4, -0.2) is 210 Å². The van der Waals surface area contributed by atoms with Gasteiger partial charge in [0, 0.05) is 77.2 Å². The number of fused-ring (bicyclic) bond motifs is 6. The maximum absolute atomic E-state index is 14.4. The number of carbonyl (C=O) groups is 6. The van der Waals surface area contributed by atoms with E-state index in [0.29, 0.717) is 30.9 Å². The van der Waals surface area contributed by atoms with Crippen molar-refractivity contribution in [3.8, 4) is 5.75 Å². The molecule has 6 N–H and O–H groups in total. The number of nitrogens with zero attached hydrogens (tertiary/aromatic N) is 4. The van der Waals surface area contributed by atoms with Gasteiger partial charge >= 0.3 is 18.0 Å². The first kappa shape index (κ1) is 68.9. The monoisotopic (exact) mass is 1240 g/mol. The number of likely N-dealkylation sites (N-methyl/N-ethyl adjacent to an activating group) is 1. The van der Waals surface area contributed by atoms with Crippen LogP contribution in [0.2, 0.25) is 5.02 Å². The van der Waals surface area contributed by atoms with Gasteiger partial charge in [-0.05, 0) is 82.9 Å². The lowest BCUT2D eigenvalue weighted by atomic mass is 9.83. The van der Waals surface area contributed by atoms with E-state index in [4.69, 9.17) is 44.8 Å². The smallest absolute Gasteiger partial charge is 0.409 e. The number of aromatic nitrogens is 1. The van der Waals surface area contributed by atoms with E-state index in [1.54, 1.807) is 59.2 Å². The molecule has 3 aromatic rings. The summed E-state index contributed by atoms with van der Waals surface area (Å²) in [6.45, 7) is 7.78. The fourth-order valence-corrected chi connectivity index (χ4v) is 11.9. The number of anilines is 1. The number of nitrogens with one attached hydrogen (secondary N) is 4. The number of sulfone groups is 1. The molecule has 0 saturated carbocycles. The molecule has 4 heterocycles. The van der Waals surface area contributed by atoms with E-state index < -0.39 is 99.3 Å². The summed E-state index contributed by atoms with van der Waals surface area (Å²) in [6.07, 6.45) is -0.0678. The van der Waals surface area contributed by atoms with Crippen LogP contribution < -0.4 is 31.0 Å². The third-order valence-electron chi connectivity index (χ3n) is 16.0. The second-order valence-electron chi connectivity index (χ2n) is 22.3. The Kier molecular flexibility index (Phi) is 24.9. The number of carboxylic acid groups (broad SMARTS) is 1. The number of methoxy groups -OCH3 is 2. The predicted octanol–water partition coefficient (Wildman–Crippen LogP) is 3.51. The number of para-hydroxylation sites is 1. The molecule has 27 heteroatoms. The summed E-state index contributed by atoms with van der Waals surface area (Å²) in [4.78, 5) is 82.2. The number of carboxylic acids is 1. The molecule has 6 rings (SSSR count). The van der Waals surface area contributed by atoms with Crippen LogP contribution in [0.1, 0.15) is 71.1 Å². The number of hydrogen-bond donors (Lipinski definition) is 6. The largest absolute Gasteiger partial charge is 0.495 e. The van der Waals surface area contributed by atoms with Crippen LogP contribution in [0.5, 0.6) is 5.75 Å². The van der Waals surface area contributed by atoms with Crippen molar-refractivity contribution in [2.24, 2.45) is 5.92 Å². The Morgan fingerprint density at radius 3 is 2.44 bits per heavy atom. The summed E-state index contributed by atoms with van der Waals surface area (Å²) in [5, 5.41) is 32.2. The molecule has 2 saturated heterocycles. The van der Waals surface area contributed by atoms with Gasteiger partial charge in [-0.1, -0.05) is 60.5 Å². The Bertz CT molecular complexity index is 3050. The van der Waals surface area contributed by atoms with Gasteiger partial charge in [0.25, 0.3) is 0 Å². The number of aliphatic hydroxyl groups is 1. The van der Waals surface area contributed by atoms with Crippen molar-refractivity contribution in [3.05, 3.63) is 82.5 Å². The van der Waals surface area contributed by atoms with Gasteiger partial charge in [0.15, 0.2) is 15.6 Å². The topological polar surface area (TPSA) is 308 Å². The van der Waals surface area contributed by atoms with Gasteiger partial charge in [0.1, 0.15) is 46.8 Å². The van der Waals surface area contributed by atoms with Crippen molar-refractivity contribution in [1.82, 2.24) is 35.9 Å². The number of amides is 4. The number of esters is 1. The van der Waals surface area contributed by atoms with E-state index in [9.17, 15) is 47.4 Å². The average Bonchev–Trinajstić information content (AvgIpc) is 1.60. The number of aryl methyl sites for hydroxylation is 1. The van der Waals surface area contributed by atoms with Crippen molar-refractivity contribution in [1.29, 1.82) is 0 Å². The molecule has 0 aliphatic carbocycles. The molecule has 0 radical (unpaired) electrons. The van der Waals surface area contributed by atoms with Crippen LogP contribution in [-0.2, 0) is 81.7 Å². The van der Waals surface area contributed by atoms with Gasteiger partial charge in [-0.15, -0.1) is 0 Å². The zero-order chi connectivity index (χ0) is 63.1. The molecule has 1 aromatic heterocycles. The van der Waals surface area contributed by atoms with Crippen LogP contribution in [0.4, 0.5) is 10.5 Å². The standard InChI is InChI=1S/C59H85ClN8O17S/c1-37-14-13-17-48(80-10)59(76)35-47(83-57(75)64-59)38(2)54-58(4,85-54)49(34-51(70)67(8)45-31-40(30-37)32-46(79-9)53(45)60)84-56(74)39(3)65(6)23-28-86(77,78)29-27-82-26-25-81-24-21-62-55(73)43(18-19-52(71)72)63-50(69)20-22-68-42(36-66(7)61-5)33-41-15-11-12-16-44(41)68/h11-17,31-33,38-39,43,47-49,54,61,76H,18-30,34-36H2,1-10H3,(H,62,73)(H,63,69)(H,64,75)(H,71,72)/b17-13+,37-14+/t38-,39+,43+,47+,48-,49+,54+,58-,59+/m1/s1. The van der Waals surface area contributed by atoms with Crippen LogP contribution in [0.25, 0.3) is 10.9 Å². The van der Waals surface area contributed by atoms with Crippen LogP contribution in [0.3, 0.4) is 0 Å². The Morgan fingerprint density at radius 1 is 1.02 bits per heavy atom. The number of halogens is 1. The molecular weight excluding hydrogens is 1160 g/mol. The van der Waals surface area contributed by atoms with E-state index >= 15 is 0 Å². The van der Waals surface area contributed by atoms with Gasteiger partial charge in [-0.2, -0.15) is 0 Å². The summed E-state index contributed by atoms with van der Waals surface area (Å²) in [6, 6.07) is 11.3. The Hall–Kier alpha value is -6.20. The second-order valence-corrected chi connectivity index (χ2v) is 25.0. The number of aliphatic carboxylic acids is 1. The van der Waals surface area contributed by atoms with Gasteiger partial charge in [0.2, 0.25) is 17.7 Å². The predicted molar refractivity (Wildman–Crippen MR) is 320 cm³/mol. The molecule has 2 aromatic carbocycles. The lowest BCUT2D eigenvalue weighted by Crippen LogP contribution is -2.63. The Balaban J connectivity index is 0.979. The number of epoxide rings is 1. The zero-order valence-electron chi connectivity index (χ0n) is 50.7. The molecule has 4 bridgehead atoms. The molecule has 86 heavy (non-hydrogen) atoms. The van der Waals surface area contributed by atoms with Gasteiger partial charge in [0.05, 0.1) is 69.8 Å². The lowest BCUT2D eigenvalue weighted by Gasteiger charge is -2.42. The van der Waals surface area contributed by atoms with Gasteiger partial charge < -0.3 is 63.5 Å². The van der Waals surface area contributed by atoms with Crippen LogP contribution >= 0.6 is 11.6 Å². The summed E-state index contributed by atoms with van der Waals surface area (Å²) in [5.41, 5.74) is 3.81. The number of allylic oxidation sites excluding steroid dienone is 3. The first-order chi connectivity index (χ1) is 40.7. The fraction of sp³-hybridized carbons (Fsp3) is 0.593. The molecule has 0 spiro atoms. The van der Waals surface area contributed by atoms with E-state index in [-0.39, 0.29) is 88.1 Å². The van der Waals surface area contributed by atoms with Crippen molar-refractivity contribution in [2.45, 2.75) is 127 Å². The normalized spacial score (nSPS) is 24.4. The van der Waals surface area contributed by atoms with E-state index in [0.717, 1.165) is 27.7 Å². The average molecular weight is 1250 g/mol. The SMILES string of the molecule is CNN(C)Cc1cc2ccccc2n1CCC(=O)N[C@@H](CCC(=O)O)C(=O)NCCOCCOCCS(=O)(=O)CCN(C)[C@@H](C)C(=O)O[C@H]1CC(=O)N(C)c2cc(cc(OC)c2Cl)C/C(C)=C/C=C/[C@@H](OC)[C@@]2(O)C[C@H](OC(=O)N2)[C@@H](C)[C@@H]2O[C@]12C. The third kappa shape index (κ3) is 18.7. The van der Waals surface area contributed by atoms with Gasteiger partial charge in [-0.25, -0.2) is 18.2 Å². The minimum absolute atomic E-state index is 0.0386. The minimum atomic E-state index is -3.70. The van der Waals surface area contributed by atoms with E-state index in [1.807, 2.05) is 60.9 Å². The maximum Gasteiger partial charge on any atom is 0.409 e. The summed E-state index contributed by atoms with van der Waals surface area (Å²) >= 11 is 6.82. The number of carbonyl (C=O) groups excluding carboxylic acids is 5. The quantitative estimate of drug-likeness (QED) is 0.0262.